The third-order valence-electron chi connectivity index (χ3n) is 6.27. The Bertz CT molecular complexity index is 900. The summed E-state index contributed by atoms with van der Waals surface area (Å²) in [6, 6.07) is 8.33. The molecule has 2 heterocycles. The van der Waals surface area contributed by atoms with Crippen molar-refractivity contribution in [2.75, 3.05) is 27.2 Å². The second-order valence-electron chi connectivity index (χ2n) is 8.09. The van der Waals surface area contributed by atoms with Gasteiger partial charge in [-0.1, -0.05) is 29.8 Å². The highest BCUT2D eigenvalue weighted by atomic mass is 35.5. The predicted octanol–water partition coefficient (Wildman–Crippen LogP) is 2.71. The van der Waals surface area contributed by atoms with E-state index in [1.165, 1.54) is 17.1 Å². The predicted molar refractivity (Wildman–Crippen MR) is 111 cm³/mol. The molecule has 1 aromatic carbocycles. The van der Waals surface area contributed by atoms with E-state index >= 15 is 0 Å². The van der Waals surface area contributed by atoms with E-state index in [1.807, 2.05) is 23.1 Å². The van der Waals surface area contributed by atoms with Crippen molar-refractivity contribution in [3.63, 3.8) is 0 Å². The van der Waals surface area contributed by atoms with E-state index in [1.54, 1.807) is 7.05 Å². The molecule has 1 saturated heterocycles. The molecule has 2 amide bonds. The molecule has 0 bridgehead atoms. The van der Waals surface area contributed by atoms with Crippen LogP contribution >= 0.6 is 11.6 Å². The number of rotatable bonds is 4. The summed E-state index contributed by atoms with van der Waals surface area (Å²) in [7, 11) is 3.71. The summed E-state index contributed by atoms with van der Waals surface area (Å²) < 4.78 is 1.27. The third kappa shape index (κ3) is 4.02. The molecule has 1 aliphatic carbocycles. The van der Waals surface area contributed by atoms with Crippen LogP contribution in [0.5, 0.6) is 0 Å². The number of nitrogens with zero attached hydrogens (tertiary/aromatic N) is 4. The molecule has 3 atom stereocenters. The van der Waals surface area contributed by atoms with Crippen LogP contribution in [-0.2, 0) is 6.54 Å². The van der Waals surface area contributed by atoms with Gasteiger partial charge in [0.2, 0.25) is 0 Å². The van der Waals surface area contributed by atoms with Gasteiger partial charge in [0, 0.05) is 43.9 Å². The number of benzene rings is 1. The molecule has 2 fully saturated rings. The van der Waals surface area contributed by atoms with Crippen molar-refractivity contribution >= 4 is 23.5 Å². The first-order valence-electron chi connectivity index (χ1n) is 9.96. The van der Waals surface area contributed by atoms with E-state index < -0.39 is 0 Å². The molecule has 1 saturated carbocycles. The zero-order chi connectivity index (χ0) is 20.5. The zero-order valence-electron chi connectivity index (χ0n) is 16.7. The standard InChI is InChI=1S/C21H26ClN5O2/c1-23-20(28)17-9-24-27(13-17)21(29)26-11-15-7-18(8-16(15)12-26)25(2)10-14-5-3-4-6-19(14)22/h3-6,9,13,15-16,18H,7-8,10-12H2,1-2H3,(H,23,28)/t15-,16+,18+. The molecule has 8 heteroatoms. The molecule has 2 aromatic rings. The Hall–Kier alpha value is -2.38. The summed E-state index contributed by atoms with van der Waals surface area (Å²) in [5.74, 6) is 0.768. The van der Waals surface area contributed by atoms with Gasteiger partial charge in [-0.05, 0) is 43.4 Å². The van der Waals surface area contributed by atoms with Gasteiger partial charge < -0.3 is 10.2 Å². The van der Waals surface area contributed by atoms with Crippen LogP contribution in [0.3, 0.4) is 0 Å². The Morgan fingerprint density at radius 3 is 2.59 bits per heavy atom. The first-order valence-corrected chi connectivity index (χ1v) is 10.3. The average Bonchev–Trinajstić information content (AvgIpc) is 3.43. The number of hydrogen-bond donors (Lipinski definition) is 1. The fraction of sp³-hybridized carbons (Fsp3) is 0.476. The van der Waals surface area contributed by atoms with Crippen molar-refractivity contribution in [2.24, 2.45) is 11.8 Å². The van der Waals surface area contributed by atoms with Gasteiger partial charge in [-0.15, -0.1) is 0 Å². The van der Waals surface area contributed by atoms with Crippen LogP contribution in [-0.4, -0.2) is 64.7 Å². The highest BCUT2D eigenvalue weighted by Crippen LogP contribution is 2.40. The van der Waals surface area contributed by atoms with Gasteiger partial charge in [0.15, 0.2) is 0 Å². The first kappa shape index (κ1) is 19.9. The van der Waals surface area contributed by atoms with E-state index in [9.17, 15) is 9.59 Å². The first-order chi connectivity index (χ1) is 14.0. The Kier molecular flexibility index (Phi) is 5.61. The van der Waals surface area contributed by atoms with E-state index in [0.717, 1.165) is 43.1 Å². The van der Waals surface area contributed by atoms with Crippen LogP contribution in [0.15, 0.2) is 36.7 Å². The van der Waals surface area contributed by atoms with Crippen molar-refractivity contribution < 1.29 is 9.59 Å². The Balaban J connectivity index is 1.34. The van der Waals surface area contributed by atoms with Crippen molar-refractivity contribution in [1.29, 1.82) is 0 Å². The van der Waals surface area contributed by atoms with Crippen molar-refractivity contribution in [2.45, 2.75) is 25.4 Å². The SMILES string of the molecule is CNC(=O)c1cnn(C(=O)N2C[C@H]3C[C@H](N(C)Cc4ccccc4Cl)C[C@H]3C2)c1. The Morgan fingerprint density at radius 2 is 1.93 bits per heavy atom. The molecular formula is C21H26ClN5O2. The molecule has 0 unspecified atom stereocenters. The summed E-state index contributed by atoms with van der Waals surface area (Å²) in [6.45, 7) is 2.33. The molecule has 154 valence electrons. The zero-order valence-corrected chi connectivity index (χ0v) is 17.5. The maximum atomic E-state index is 12.8. The molecule has 0 spiro atoms. The van der Waals surface area contributed by atoms with E-state index in [-0.39, 0.29) is 11.9 Å². The minimum atomic E-state index is -0.244. The third-order valence-corrected chi connectivity index (χ3v) is 6.63. The molecule has 1 aromatic heterocycles. The Labute approximate surface area is 175 Å². The van der Waals surface area contributed by atoms with Gasteiger partial charge >= 0.3 is 6.03 Å². The molecule has 2 aliphatic rings. The number of halogens is 1. The topological polar surface area (TPSA) is 70.5 Å². The van der Waals surface area contributed by atoms with Crippen LogP contribution in [0.4, 0.5) is 4.79 Å². The monoisotopic (exact) mass is 415 g/mol. The van der Waals surface area contributed by atoms with Crippen LogP contribution < -0.4 is 5.32 Å². The van der Waals surface area contributed by atoms with Gasteiger partial charge in [0.25, 0.3) is 5.91 Å². The largest absolute Gasteiger partial charge is 0.355 e. The molecule has 1 N–H and O–H groups in total. The van der Waals surface area contributed by atoms with Crippen LogP contribution in [0.25, 0.3) is 0 Å². The van der Waals surface area contributed by atoms with Crippen LogP contribution in [0, 0.1) is 11.8 Å². The molecule has 29 heavy (non-hydrogen) atoms. The van der Waals surface area contributed by atoms with Crippen LogP contribution in [0.2, 0.25) is 5.02 Å². The second-order valence-corrected chi connectivity index (χ2v) is 8.50. The summed E-state index contributed by atoms with van der Waals surface area (Å²) in [4.78, 5) is 28.7. The number of carbonyl (C=O) groups excluding carboxylic acids is 2. The maximum absolute atomic E-state index is 12.8. The van der Waals surface area contributed by atoms with E-state index in [4.69, 9.17) is 11.6 Å². The quantitative estimate of drug-likeness (QED) is 0.833. The summed E-state index contributed by atoms with van der Waals surface area (Å²) in [5, 5.41) is 7.42. The molecule has 4 rings (SSSR count). The summed E-state index contributed by atoms with van der Waals surface area (Å²) >= 11 is 6.31. The lowest BCUT2D eigenvalue weighted by atomic mass is 10.0. The number of hydrogen-bond acceptors (Lipinski definition) is 4. The number of likely N-dealkylation sites (tertiary alicyclic amines) is 1. The number of amides is 2. The summed E-state index contributed by atoms with van der Waals surface area (Å²) in [5.41, 5.74) is 1.54. The summed E-state index contributed by atoms with van der Waals surface area (Å²) in [6.07, 6.45) is 5.08. The average molecular weight is 416 g/mol. The smallest absolute Gasteiger partial charge is 0.344 e. The fourth-order valence-electron chi connectivity index (χ4n) is 4.64. The number of nitrogens with one attached hydrogen (secondary N) is 1. The number of fused-ring (bicyclic) bond motifs is 1. The lowest BCUT2D eigenvalue weighted by Crippen LogP contribution is -2.36. The molecule has 0 radical (unpaired) electrons. The van der Waals surface area contributed by atoms with Gasteiger partial charge in [0.1, 0.15) is 0 Å². The van der Waals surface area contributed by atoms with Crippen molar-refractivity contribution in [3.8, 4) is 0 Å². The van der Waals surface area contributed by atoms with Gasteiger partial charge in [-0.25, -0.2) is 4.79 Å². The molecule has 7 nitrogen and oxygen atoms in total. The van der Waals surface area contributed by atoms with Crippen molar-refractivity contribution in [1.82, 2.24) is 24.9 Å². The maximum Gasteiger partial charge on any atom is 0.344 e. The highest BCUT2D eigenvalue weighted by Gasteiger charge is 2.43. The Morgan fingerprint density at radius 1 is 1.24 bits per heavy atom. The highest BCUT2D eigenvalue weighted by molar-refractivity contribution is 6.31. The van der Waals surface area contributed by atoms with Gasteiger partial charge in [-0.2, -0.15) is 9.78 Å². The normalized spacial score (nSPS) is 23.4. The fourth-order valence-corrected chi connectivity index (χ4v) is 4.84. The van der Waals surface area contributed by atoms with E-state index in [2.05, 4.69) is 28.4 Å². The minimum absolute atomic E-state index is 0.157. The number of aromatic nitrogens is 2. The minimum Gasteiger partial charge on any atom is -0.355 e. The molecule has 1 aliphatic heterocycles. The van der Waals surface area contributed by atoms with Gasteiger partial charge in [0.05, 0.1) is 11.8 Å². The lowest BCUT2D eigenvalue weighted by Gasteiger charge is -2.26. The lowest BCUT2D eigenvalue weighted by molar-refractivity contribution is 0.0963. The molecular weight excluding hydrogens is 390 g/mol. The second kappa shape index (κ2) is 8.16. The van der Waals surface area contributed by atoms with Crippen molar-refractivity contribution in [3.05, 3.63) is 52.8 Å². The number of carbonyl (C=O) groups is 2. The van der Waals surface area contributed by atoms with Crippen LogP contribution in [0.1, 0.15) is 28.8 Å². The van der Waals surface area contributed by atoms with Gasteiger partial charge in [-0.3, -0.25) is 9.69 Å². The van der Waals surface area contributed by atoms with E-state index in [0.29, 0.717) is 23.4 Å².